The maximum atomic E-state index is 10.4. The Morgan fingerprint density at radius 1 is 1.37 bits per heavy atom. The van der Waals surface area contributed by atoms with Gasteiger partial charge in [0.25, 0.3) is 0 Å². The minimum absolute atomic E-state index is 0.0500. The number of unbranched alkanes of at least 4 members (excludes halogenated alkanes) is 1. The van der Waals surface area contributed by atoms with Crippen LogP contribution >= 0.6 is 0 Å². The molecular formula is C13H21N3O3. The zero-order valence-corrected chi connectivity index (χ0v) is 11.0. The van der Waals surface area contributed by atoms with Gasteiger partial charge in [-0.15, -0.1) is 5.10 Å². The number of aliphatic hydroxyl groups excluding tert-OH is 1. The molecule has 1 saturated carbocycles. The summed E-state index contributed by atoms with van der Waals surface area (Å²) in [6, 6.07) is 0.0500. The molecule has 0 bridgehead atoms. The predicted molar refractivity (Wildman–Crippen MR) is 68.7 cm³/mol. The maximum Gasteiger partial charge on any atom is 0.303 e. The van der Waals surface area contributed by atoms with Gasteiger partial charge < -0.3 is 10.2 Å². The highest BCUT2D eigenvalue weighted by Crippen LogP contribution is 2.27. The van der Waals surface area contributed by atoms with Crippen molar-refractivity contribution in [1.82, 2.24) is 15.0 Å². The second kappa shape index (κ2) is 6.65. The van der Waals surface area contributed by atoms with Gasteiger partial charge in [0.15, 0.2) is 0 Å². The normalized spacial score (nSPS) is 23.4. The molecule has 0 saturated heterocycles. The number of aliphatic hydroxyl groups is 1. The van der Waals surface area contributed by atoms with E-state index in [0.29, 0.717) is 6.42 Å². The van der Waals surface area contributed by atoms with Crippen molar-refractivity contribution < 1.29 is 15.0 Å². The maximum absolute atomic E-state index is 10.4. The zero-order valence-electron chi connectivity index (χ0n) is 11.0. The number of aryl methyl sites for hydroxylation is 1. The van der Waals surface area contributed by atoms with Gasteiger partial charge in [-0.05, 0) is 32.1 Å². The Bertz CT molecular complexity index is 419. The lowest BCUT2D eigenvalue weighted by molar-refractivity contribution is -0.137. The van der Waals surface area contributed by atoms with Crippen molar-refractivity contribution >= 4 is 5.97 Å². The molecule has 2 N–H and O–H groups in total. The number of rotatable bonds is 6. The molecule has 106 valence electrons. The molecule has 6 heteroatoms. The van der Waals surface area contributed by atoms with Gasteiger partial charge in [-0.25, -0.2) is 4.68 Å². The Hall–Kier alpha value is -1.43. The number of hydrogen-bond acceptors (Lipinski definition) is 4. The first-order valence-corrected chi connectivity index (χ1v) is 6.97. The quantitative estimate of drug-likeness (QED) is 0.763. The fourth-order valence-electron chi connectivity index (χ4n) is 2.57. The second-order valence-electron chi connectivity index (χ2n) is 5.21. The number of nitrogens with zero attached hydrogens (tertiary/aromatic N) is 3. The summed E-state index contributed by atoms with van der Waals surface area (Å²) >= 11 is 0. The lowest BCUT2D eigenvalue weighted by Gasteiger charge is -2.27. The Morgan fingerprint density at radius 3 is 2.89 bits per heavy atom. The van der Waals surface area contributed by atoms with E-state index in [9.17, 15) is 9.90 Å². The minimum Gasteiger partial charge on any atom is -0.481 e. The van der Waals surface area contributed by atoms with E-state index in [4.69, 9.17) is 5.11 Å². The second-order valence-corrected chi connectivity index (χ2v) is 5.21. The van der Waals surface area contributed by atoms with Crippen LogP contribution in [0.25, 0.3) is 0 Å². The third-order valence-corrected chi connectivity index (χ3v) is 3.67. The van der Waals surface area contributed by atoms with Crippen molar-refractivity contribution in [3.05, 3.63) is 11.9 Å². The van der Waals surface area contributed by atoms with E-state index in [1.54, 1.807) is 4.68 Å². The highest BCUT2D eigenvalue weighted by Gasteiger charge is 2.25. The first kappa shape index (κ1) is 14.0. The van der Waals surface area contributed by atoms with Crippen molar-refractivity contribution in [2.45, 2.75) is 63.5 Å². The van der Waals surface area contributed by atoms with Gasteiger partial charge in [-0.3, -0.25) is 4.79 Å². The van der Waals surface area contributed by atoms with Crippen molar-refractivity contribution in [2.24, 2.45) is 0 Å². The summed E-state index contributed by atoms with van der Waals surface area (Å²) in [6.07, 6.45) is 7.96. The summed E-state index contributed by atoms with van der Waals surface area (Å²) in [7, 11) is 0. The van der Waals surface area contributed by atoms with E-state index >= 15 is 0 Å². The number of carboxylic acid groups (broad SMARTS) is 1. The molecule has 2 unspecified atom stereocenters. The van der Waals surface area contributed by atoms with E-state index < -0.39 is 5.97 Å². The Morgan fingerprint density at radius 2 is 2.16 bits per heavy atom. The molecule has 1 aliphatic carbocycles. The highest BCUT2D eigenvalue weighted by atomic mass is 16.4. The molecule has 0 radical (unpaired) electrons. The van der Waals surface area contributed by atoms with Gasteiger partial charge in [0.2, 0.25) is 0 Å². The Balaban J connectivity index is 1.82. The molecule has 1 fully saturated rings. The smallest absolute Gasteiger partial charge is 0.303 e. The molecule has 1 aromatic rings. The van der Waals surface area contributed by atoms with Gasteiger partial charge in [0.1, 0.15) is 0 Å². The molecule has 1 aliphatic rings. The molecule has 1 heterocycles. The lowest BCUT2D eigenvalue weighted by Crippen LogP contribution is -2.27. The largest absolute Gasteiger partial charge is 0.481 e. The third-order valence-electron chi connectivity index (χ3n) is 3.67. The molecule has 6 nitrogen and oxygen atoms in total. The number of aliphatic carboxylic acids is 1. The third kappa shape index (κ3) is 4.02. The topological polar surface area (TPSA) is 88.2 Å². The Kier molecular flexibility index (Phi) is 4.90. The van der Waals surface area contributed by atoms with Crippen LogP contribution in [0.2, 0.25) is 0 Å². The van der Waals surface area contributed by atoms with E-state index in [0.717, 1.165) is 44.2 Å². The van der Waals surface area contributed by atoms with Gasteiger partial charge in [0, 0.05) is 12.6 Å². The number of aromatic nitrogens is 3. The van der Waals surface area contributed by atoms with E-state index in [2.05, 4.69) is 10.3 Å². The predicted octanol–water partition coefficient (Wildman–Crippen LogP) is 1.55. The molecule has 0 aromatic carbocycles. The van der Waals surface area contributed by atoms with Crippen molar-refractivity contribution in [2.75, 3.05) is 0 Å². The fourth-order valence-corrected chi connectivity index (χ4v) is 2.57. The van der Waals surface area contributed by atoms with Crippen LogP contribution in [0.3, 0.4) is 0 Å². The Labute approximate surface area is 112 Å². The number of hydrogen-bond donors (Lipinski definition) is 2. The van der Waals surface area contributed by atoms with Gasteiger partial charge in [0.05, 0.1) is 17.8 Å². The molecule has 0 amide bonds. The van der Waals surface area contributed by atoms with Crippen LogP contribution in [-0.2, 0) is 11.2 Å². The van der Waals surface area contributed by atoms with Crippen LogP contribution in [0.5, 0.6) is 0 Å². The first-order chi connectivity index (χ1) is 9.16. The van der Waals surface area contributed by atoms with E-state index in [1.807, 2.05) is 6.20 Å². The zero-order chi connectivity index (χ0) is 13.7. The minimum atomic E-state index is -0.756. The van der Waals surface area contributed by atoms with Crippen LogP contribution in [0, 0.1) is 0 Å². The van der Waals surface area contributed by atoms with Gasteiger partial charge in [-0.1, -0.05) is 18.1 Å². The van der Waals surface area contributed by atoms with Crippen molar-refractivity contribution in [3.63, 3.8) is 0 Å². The molecule has 2 rings (SSSR count). The van der Waals surface area contributed by atoms with Crippen LogP contribution < -0.4 is 0 Å². The van der Waals surface area contributed by atoms with Crippen LogP contribution in [0.1, 0.15) is 56.7 Å². The van der Waals surface area contributed by atoms with Crippen LogP contribution in [0.15, 0.2) is 6.20 Å². The number of carbonyl (C=O) groups is 1. The van der Waals surface area contributed by atoms with E-state index in [-0.39, 0.29) is 18.6 Å². The lowest BCUT2D eigenvalue weighted by atomic mass is 9.93. The first-order valence-electron chi connectivity index (χ1n) is 6.97. The summed E-state index contributed by atoms with van der Waals surface area (Å²) in [6.45, 7) is 0. The van der Waals surface area contributed by atoms with Crippen molar-refractivity contribution in [1.29, 1.82) is 0 Å². The molecule has 19 heavy (non-hydrogen) atoms. The van der Waals surface area contributed by atoms with Crippen LogP contribution in [-0.4, -0.2) is 37.3 Å². The summed E-state index contributed by atoms with van der Waals surface area (Å²) < 4.78 is 1.77. The summed E-state index contributed by atoms with van der Waals surface area (Å²) in [4.78, 5) is 10.4. The molecule has 0 aliphatic heterocycles. The molecule has 1 aromatic heterocycles. The van der Waals surface area contributed by atoms with Crippen molar-refractivity contribution in [3.8, 4) is 0 Å². The fraction of sp³-hybridized carbons (Fsp3) is 0.769. The van der Waals surface area contributed by atoms with E-state index in [1.165, 1.54) is 0 Å². The molecule has 0 spiro atoms. The average molecular weight is 267 g/mol. The molecule has 2 atom stereocenters. The number of carboxylic acids is 1. The van der Waals surface area contributed by atoms with Gasteiger partial charge in [-0.2, -0.15) is 0 Å². The summed E-state index contributed by atoms with van der Waals surface area (Å²) in [5.74, 6) is -0.756. The molecular weight excluding hydrogens is 246 g/mol. The summed E-state index contributed by atoms with van der Waals surface area (Å²) in [5, 5.41) is 26.7. The monoisotopic (exact) mass is 267 g/mol. The summed E-state index contributed by atoms with van der Waals surface area (Å²) in [5.41, 5.74) is 0.878. The standard InChI is InChI=1S/C13H21N3O3/c17-12-7-3-2-6-11(12)16-9-10(14-15-16)5-1-4-8-13(18)19/h9,11-12,17H,1-8H2,(H,18,19). The SMILES string of the molecule is O=C(O)CCCCc1cn(C2CCCCC2O)nn1. The highest BCUT2D eigenvalue weighted by molar-refractivity contribution is 5.66. The van der Waals surface area contributed by atoms with Gasteiger partial charge >= 0.3 is 5.97 Å². The average Bonchev–Trinajstić information content (AvgIpc) is 2.83. The van der Waals surface area contributed by atoms with Crippen LogP contribution in [0.4, 0.5) is 0 Å².